The molecule has 0 bridgehead atoms. The molecule has 1 unspecified atom stereocenters. The van der Waals surface area contributed by atoms with Gasteiger partial charge in [0.2, 0.25) is 0 Å². The summed E-state index contributed by atoms with van der Waals surface area (Å²) in [4.78, 5) is 0. The molecule has 1 aromatic carbocycles. The second kappa shape index (κ2) is 4.21. The third kappa shape index (κ3) is 2.06. The SMILES string of the molecule is Cc1ccc2c(c1)[C@H](N)CC1(CCCSC1)O2. The normalized spacial score (nSPS) is 32.0. The molecule has 0 aromatic heterocycles. The van der Waals surface area contributed by atoms with Gasteiger partial charge in [-0.05, 0) is 31.6 Å². The summed E-state index contributed by atoms with van der Waals surface area (Å²) in [6.07, 6.45) is 3.37. The number of aryl methyl sites for hydroxylation is 1. The topological polar surface area (TPSA) is 35.2 Å². The Kier molecular flexibility index (Phi) is 2.83. The largest absolute Gasteiger partial charge is 0.486 e. The van der Waals surface area contributed by atoms with Crippen LogP contribution in [0.2, 0.25) is 0 Å². The Bertz CT molecular complexity index is 426. The van der Waals surface area contributed by atoms with Crippen LogP contribution in [0.4, 0.5) is 0 Å². The summed E-state index contributed by atoms with van der Waals surface area (Å²) >= 11 is 2.00. The number of ether oxygens (including phenoxy) is 1. The zero-order chi connectivity index (χ0) is 11.9. The summed E-state index contributed by atoms with van der Waals surface area (Å²) in [5, 5.41) is 0. The molecule has 1 aromatic rings. The highest BCUT2D eigenvalue weighted by atomic mass is 32.2. The fourth-order valence-electron chi connectivity index (χ4n) is 2.90. The van der Waals surface area contributed by atoms with Gasteiger partial charge in [0.25, 0.3) is 0 Å². The molecule has 2 N–H and O–H groups in total. The Morgan fingerprint density at radius 3 is 3.12 bits per heavy atom. The second-order valence-corrected chi connectivity index (χ2v) is 6.40. The van der Waals surface area contributed by atoms with E-state index >= 15 is 0 Å². The van der Waals surface area contributed by atoms with Crippen LogP contribution < -0.4 is 10.5 Å². The van der Waals surface area contributed by atoms with Gasteiger partial charge in [-0.2, -0.15) is 11.8 Å². The van der Waals surface area contributed by atoms with E-state index in [1.54, 1.807) is 0 Å². The number of rotatable bonds is 0. The van der Waals surface area contributed by atoms with Crippen LogP contribution in [0.15, 0.2) is 18.2 Å². The minimum atomic E-state index is 0.00455. The molecule has 92 valence electrons. The Morgan fingerprint density at radius 1 is 1.47 bits per heavy atom. The van der Waals surface area contributed by atoms with Crippen molar-refractivity contribution >= 4 is 11.8 Å². The van der Waals surface area contributed by atoms with Gasteiger partial charge in [0.15, 0.2) is 0 Å². The van der Waals surface area contributed by atoms with Crippen molar-refractivity contribution in [3.63, 3.8) is 0 Å². The molecule has 17 heavy (non-hydrogen) atoms. The van der Waals surface area contributed by atoms with E-state index in [2.05, 4.69) is 25.1 Å². The zero-order valence-corrected chi connectivity index (χ0v) is 11.1. The lowest BCUT2D eigenvalue weighted by Crippen LogP contribution is -2.46. The minimum Gasteiger partial charge on any atom is -0.486 e. The van der Waals surface area contributed by atoms with Crippen molar-refractivity contribution in [2.24, 2.45) is 5.73 Å². The summed E-state index contributed by atoms with van der Waals surface area (Å²) in [5.74, 6) is 3.37. The van der Waals surface area contributed by atoms with Gasteiger partial charge in [-0.25, -0.2) is 0 Å². The standard InChI is InChI=1S/C14H19NOS/c1-10-3-4-13-11(7-10)12(15)8-14(16-13)5-2-6-17-9-14/h3-4,7,12H,2,5-6,8-9,15H2,1H3/t12-,14?/m1/s1. The van der Waals surface area contributed by atoms with E-state index in [1.807, 2.05) is 11.8 Å². The van der Waals surface area contributed by atoms with Crippen molar-refractivity contribution in [1.29, 1.82) is 0 Å². The van der Waals surface area contributed by atoms with E-state index in [1.165, 1.54) is 23.3 Å². The predicted octanol–water partition coefficient (Wildman–Crippen LogP) is 3.04. The number of hydrogen-bond acceptors (Lipinski definition) is 3. The molecule has 3 heteroatoms. The van der Waals surface area contributed by atoms with Crippen molar-refractivity contribution in [3.8, 4) is 5.75 Å². The molecule has 0 saturated carbocycles. The summed E-state index contributed by atoms with van der Waals surface area (Å²) in [7, 11) is 0. The number of hydrogen-bond donors (Lipinski definition) is 1. The van der Waals surface area contributed by atoms with Gasteiger partial charge >= 0.3 is 0 Å². The van der Waals surface area contributed by atoms with E-state index in [-0.39, 0.29) is 11.6 Å². The van der Waals surface area contributed by atoms with Gasteiger partial charge in [0, 0.05) is 23.8 Å². The van der Waals surface area contributed by atoms with Crippen molar-refractivity contribution in [2.45, 2.75) is 37.8 Å². The zero-order valence-electron chi connectivity index (χ0n) is 10.2. The number of benzene rings is 1. The first-order valence-electron chi connectivity index (χ1n) is 6.31. The molecule has 2 heterocycles. The average molecular weight is 249 g/mol. The Hall–Kier alpha value is -0.670. The highest BCUT2D eigenvalue weighted by Crippen LogP contribution is 2.44. The van der Waals surface area contributed by atoms with Crippen molar-refractivity contribution in [2.75, 3.05) is 11.5 Å². The molecule has 0 amide bonds. The molecule has 2 aliphatic heterocycles. The highest BCUT2D eigenvalue weighted by Gasteiger charge is 2.40. The molecule has 0 aliphatic carbocycles. The average Bonchev–Trinajstić information content (AvgIpc) is 2.31. The van der Waals surface area contributed by atoms with E-state index < -0.39 is 0 Å². The fourth-order valence-corrected chi connectivity index (χ4v) is 4.09. The van der Waals surface area contributed by atoms with Gasteiger partial charge in [-0.3, -0.25) is 0 Å². The Morgan fingerprint density at radius 2 is 2.35 bits per heavy atom. The summed E-state index contributed by atoms with van der Waals surface area (Å²) in [6.45, 7) is 2.10. The minimum absolute atomic E-state index is 0.00455. The van der Waals surface area contributed by atoms with Gasteiger partial charge < -0.3 is 10.5 Å². The van der Waals surface area contributed by atoms with E-state index in [4.69, 9.17) is 10.5 Å². The third-order valence-electron chi connectivity index (χ3n) is 3.77. The van der Waals surface area contributed by atoms with E-state index in [9.17, 15) is 0 Å². The van der Waals surface area contributed by atoms with Crippen LogP contribution in [0.5, 0.6) is 5.75 Å². The van der Waals surface area contributed by atoms with Crippen molar-refractivity contribution < 1.29 is 4.74 Å². The molecular formula is C14H19NOS. The van der Waals surface area contributed by atoms with E-state index in [0.29, 0.717) is 0 Å². The molecule has 1 saturated heterocycles. The van der Waals surface area contributed by atoms with Crippen LogP contribution in [0.3, 0.4) is 0 Å². The van der Waals surface area contributed by atoms with Gasteiger partial charge in [0.05, 0.1) is 0 Å². The maximum Gasteiger partial charge on any atom is 0.124 e. The van der Waals surface area contributed by atoms with Crippen molar-refractivity contribution in [1.82, 2.24) is 0 Å². The smallest absolute Gasteiger partial charge is 0.124 e. The van der Waals surface area contributed by atoms with Gasteiger partial charge in [0.1, 0.15) is 11.4 Å². The lowest BCUT2D eigenvalue weighted by atomic mass is 9.85. The van der Waals surface area contributed by atoms with Gasteiger partial charge in [-0.1, -0.05) is 17.7 Å². The number of nitrogens with two attached hydrogens (primary N) is 1. The van der Waals surface area contributed by atoms with Crippen LogP contribution in [0.25, 0.3) is 0 Å². The van der Waals surface area contributed by atoms with E-state index in [0.717, 1.165) is 24.3 Å². The molecule has 2 atom stereocenters. The Labute approximate surface area is 107 Å². The third-order valence-corrected chi connectivity index (χ3v) is 5.08. The maximum atomic E-state index is 6.33. The van der Waals surface area contributed by atoms with Crippen LogP contribution >= 0.6 is 11.8 Å². The molecule has 0 radical (unpaired) electrons. The van der Waals surface area contributed by atoms with Crippen LogP contribution in [0.1, 0.15) is 36.4 Å². The fraction of sp³-hybridized carbons (Fsp3) is 0.571. The molecule has 2 nitrogen and oxygen atoms in total. The van der Waals surface area contributed by atoms with Crippen LogP contribution in [0, 0.1) is 6.92 Å². The molecular weight excluding hydrogens is 230 g/mol. The van der Waals surface area contributed by atoms with Crippen LogP contribution in [-0.4, -0.2) is 17.1 Å². The summed E-state index contributed by atoms with van der Waals surface area (Å²) in [6, 6.07) is 6.51. The van der Waals surface area contributed by atoms with Crippen molar-refractivity contribution in [3.05, 3.63) is 29.3 Å². The maximum absolute atomic E-state index is 6.33. The summed E-state index contributed by atoms with van der Waals surface area (Å²) in [5.41, 5.74) is 8.78. The lowest BCUT2D eigenvalue weighted by molar-refractivity contribution is 0.0471. The molecule has 2 aliphatic rings. The second-order valence-electron chi connectivity index (χ2n) is 5.29. The molecule has 1 spiro atoms. The highest BCUT2D eigenvalue weighted by molar-refractivity contribution is 7.99. The quantitative estimate of drug-likeness (QED) is 0.767. The number of fused-ring (bicyclic) bond motifs is 1. The Balaban J connectivity index is 1.94. The first-order valence-corrected chi connectivity index (χ1v) is 7.47. The lowest BCUT2D eigenvalue weighted by Gasteiger charge is -2.43. The molecule has 3 rings (SSSR count). The summed E-state index contributed by atoms with van der Waals surface area (Å²) < 4.78 is 6.28. The predicted molar refractivity (Wildman–Crippen MR) is 72.6 cm³/mol. The monoisotopic (exact) mass is 249 g/mol. The van der Waals surface area contributed by atoms with Crippen LogP contribution in [-0.2, 0) is 0 Å². The van der Waals surface area contributed by atoms with Gasteiger partial charge in [-0.15, -0.1) is 0 Å². The first kappa shape index (κ1) is 11.4. The first-order chi connectivity index (χ1) is 8.19. The molecule has 1 fully saturated rings. The number of thioether (sulfide) groups is 1.